The van der Waals surface area contributed by atoms with Crippen LogP contribution in [0.4, 0.5) is 0 Å². The molecular weight excluding hydrogens is 248 g/mol. The van der Waals surface area contributed by atoms with Gasteiger partial charge in [-0.2, -0.15) is 0 Å². The maximum atomic E-state index is 12.5. The van der Waals surface area contributed by atoms with Crippen molar-refractivity contribution in [1.82, 2.24) is 4.98 Å². The molecule has 0 saturated heterocycles. The second kappa shape index (κ2) is 4.91. The van der Waals surface area contributed by atoms with Crippen LogP contribution in [0.1, 0.15) is 20.3 Å². The molecule has 0 spiro atoms. The van der Waals surface area contributed by atoms with E-state index in [-0.39, 0.29) is 11.5 Å². The lowest BCUT2D eigenvalue weighted by Crippen LogP contribution is -2.48. The first kappa shape index (κ1) is 13.1. The van der Waals surface area contributed by atoms with Crippen molar-refractivity contribution in [2.75, 3.05) is 0 Å². The minimum atomic E-state index is 0.0913. The van der Waals surface area contributed by atoms with Gasteiger partial charge in [-0.3, -0.25) is 4.79 Å². The quantitative estimate of drug-likeness (QED) is 0.813. The molecule has 2 aromatic rings. The van der Waals surface area contributed by atoms with Crippen LogP contribution in [0.3, 0.4) is 0 Å². The highest BCUT2D eigenvalue weighted by molar-refractivity contribution is 5.78. The summed E-state index contributed by atoms with van der Waals surface area (Å²) in [6.45, 7) is 4.11. The van der Waals surface area contributed by atoms with E-state index in [1.165, 1.54) is 0 Å². The maximum Gasteiger partial charge on any atom is 0.196 e. The molecule has 1 aliphatic rings. The summed E-state index contributed by atoms with van der Waals surface area (Å²) in [6.07, 6.45) is 5.08. The monoisotopic (exact) mass is 268 g/mol. The van der Waals surface area contributed by atoms with Gasteiger partial charge < -0.3 is 10.7 Å². The topological polar surface area (TPSA) is 58.9 Å². The predicted octanol–water partition coefficient (Wildman–Crippen LogP) is 1.09. The molecule has 1 heterocycles. The van der Waals surface area contributed by atoms with E-state index < -0.39 is 0 Å². The van der Waals surface area contributed by atoms with E-state index in [9.17, 15) is 4.79 Å². The van der Waals surface area contributed by atoms with Crippen LogP contribution >= 0.6 is 0 Å². The third-order valence-electron chi connectivity index (χ3n) is 4.42. The van der Waals surface area contributed by atoms with Crippen molar-refractivity contribution < 1.29 is 0 Å². The summed E-state index contributed by atoms with van der Waals surface area (Å²) in [5.41, 5.74) is 7.05. The standard InChI is InChI=1S/C17H20N2O/c1-3-11-16(9-13-10(2)8-14(13)18)19-15-7-5-4-6-12(15)17(11)20/h3-7,9-10,13-14,19H,8,18H2,1-2H3/b11-3+,16-9+. The molecule has 3 rings (SSSR count). The first-order valence-electron chi connectivity index (χ1n) is 7.16. The molecule has 0 amide bonds. The van der Waals surface area contributed by atoms with Crippen molar-refractivity contribution in [1.29, 1.82) is 0 Å². The Labute approximate surface area is 117 Å². The Morgan fingerprint density at radius 2 is 2.10 bits per heavy atom. The summed E-state index contributed by atoms with van der Waals surface area (Å²) < 4.78 is 0. The van der Waals surface area contributed by atoms with Crippen molar-refractivity contribution in [3.8, 4) is 0 Å². The van der Waals surface area contributed by atoms with E-state index >= 15 is 0 Å². The molecule has 3 heteroatoms. The van der Waals surface area contributed by atoms with Gasteiger partial charge in [-0.15, -0.1) is 0 Å². The summed E-state index contributed by atoms with van der Waals surface area (Å²) in [5.74, 6) is 0.940. The first-order valence-corrected chi connectivity index (χ1v) is 7.16. The van der Waals surface area contributed by atoms with Crippen LogP contribution in [0.25, 0.3) is 23.1 Å². The Hall–Kier alpha value is -1.87. The van der Waals surface area contributed by atoms with Crippen molar-refractivity contribution in [2.45, 2.75) is 26.3 Å². The van der Waals surface area contributed by atoms with Crippen LogP contribution in [-0.4, -0.2) is 11.0 Å². The number of fused-ring (bicyclic) bond motifs is 1. The number of hydrogen-bond donors (Lipinski definition) is 2. The second-order valence-corrected chi connectivity index (χ2v) is 5.74. The number of para-hydroxylation sites is 1. The van der Waals surface area contributed by atoms with Crippen molar-refractivity contribution in [2.24, 2.45) is 17.6 Å². The van der Waals surface area contributed by atoms with Crippen molar-refractivity contribution in [3.05, 3.63) is 45.1 Å². The summed E-state index contributed by atoms with van der Waals surface area (Å²) in [7, 11) is 0. The van der Waals surface area contributed by atoms with Gasteiger partial charge in [0.2, 0.25) is 0 Å². The zero-order chi connectivity index (χ0) is 14.3. The number of rotatable bonds is 1. The van der Waals surface area contributed by atoms with Gasteiger partial charge in [0.25, 0.3) is 0 Å². The van der Waals surface area contributed by atoms with Crippen LogP contribution in [0, 0.1) is 11.8 Å². The van der Waals surface area contributed by atoms with E-state index in [1.807, 2.05) is 37.3 Å². The highest BCUT2D eigenvalue weighted by atomic mass is 16.1. The molecule has 1 aliphatic carbocycles. The molecule has 1 aromatic carbocycles. The Kier molecular flexibility index (Phi) is 3.22. The third-order valence-corrected chi connectivity index (χ3v) is 4.42. The summed E-state index contributed by atoms with van der Waals surface area (Å²) in [6, 6.07) is 7.85. The van der Waals surface area contributed by atoms with Crippen LogP contribution in [0.2, 0.25) is 0 Å². The number of aromatic amines is 1. The predicted molar refractivity (Wildman–Crippen MR) is 83.7 cm³/mol. The van der Waals surface area contributed by atoms with Crippen LogP contribution < -0.4 is 21.7 Å². The molecule has 3 unspecified atom stereocenters. The number of pyridine rings is 1. The molecule has 3 N–H and O–H groups in total. The number of nitrogens with two attached hydrogens (primary N) is 1. The fourth-order valence-electron chi connectivity index (χ4n) is 3.14. The largest absolute Gasteiger partial charge is 0.355 e. The SMILES string of the molecule is C/C=c1/c(=O)c2ccccc2[nH]/c1=C/C1C(C)CC1N. The lowest BCUT2D eigenvalue weighted by molar-refractivity contribution is 0.217. The van der Waals surface area contributed by atoms with Crippen molar-refractivity contribution >= 4 is 23.1 Å². The van der Waals surface area contributed by atoms with E-state index in [2.05, 4.69) is 18.0 Å². The minimum absolute atomic E-state index is 0.0913. The molecule has 3 nitrogen and oxygen atoms in total. The normalized spacial score (nSPS) is 27.9. The molecule has 104 valence electrons. The Morgan fingerprint density at radius 1 is 1.35 bits per heavy atom. The van der Waals surface area contributed by atoms with Gasteiger partial charge in [-0.05, 0) is 37.3 Å². The maximum absolute atomic E-state index is 12.5. The molecular formula is C17H20N2O. The van der Waals surface area contributed by atoms with Crippen LogP contribution in [-0.2, 0) is 0 Å². The van der Waals surface area contributed by atoms with Gasteiger partial charge in [0, 0.05) is 27.5 Å². The molecule has 3 atom stereocenters. The number of H-pyrrole nitrogens is 1. The van der Waals surface area contributed by atoms with E-state index in [1.54, 1.807) is 0 Å². The lowest BCUT2D eigenvalue weighted by Gasteiger charge is -2.38. The van der Waals surface area contributed by atoms with Gasteiger partial charge >= 0.3 is 0 Å². The molecule has 1 fully saturated rings. The Balaban J connectivity index is 2.31. The highest BCUT2D eigenvalue weighted by Gasteiger charge is 2.33. The molecule has 0 aliphatic heterocycles. The van der Waals surface area contributed by atoms with E-state index in [0.29, 0.717) is 11.8 Å². The van der Waals surface area contributed by atoms with Gasteiger partial charge in [0.1, 0.15) is 0 Å². The zero-order valence-corrected chi connectivity index (χ0v) is 11.9. The highest BCUT2D eigenvalue weighted by Crippen LogP contribution is 2.33. The Morgan fingerprint density at radius 3 is 2.75 bits per heavy atom. The summed E-state index contributed by atoms with van der Waals surface area (Å²) in [5, 5.41) is 2.39. The van der Waals surface area contributed by atoms with Crippen molar-refractivity contribution in [3.63, 3.8) is 0 Å². The number of nitrogens with one attached hydrogen (secondary N) is 1. The van der Waals surface area contributed by atoms with Gasteiger partial charge in [-0.25, -0.2) is 0 Å². The first-order chi connectivity index (χ1) is 9.61. The molecule has 20 heavy (non-hydrogen) atoms. The second-order valence-electron chi connectivity index (χ2n) is 5.74. The van der Waals surface area contributed by atoms with Gasteiger partial charge in [0.05, 0.1) is 0 Å². The molecule has 1 aromatic heterocycles. The number of hydrogen-bond acceptors (Lipinski definition) is 2. The average molecular weight is 268 g/mol. The fraction of sp³-hybridized carbons (Fsp3) is 0.353. The summed E-state index contributed by atoms with van der Waals surface area (Å²) in [4.78, 5) is 15.9. The molecule has 0 bridgehead atoms. The van der Waals surface area contributed by atoms with Crippen LogP contribution in [0.5, 0.6) is 0 Å². The van der Waals surface area contributed by atoms with Crippen LogP contribution in [0.15, 0.2) is 29.1 Å². The van der Waals surface area contributed by atoms with Gasteiger partial charge in [0.15, 0.2) is 5.43 Å². The Bertz CT molecular complexity index is 811. The third kappa shape index (κ3) is 1.98. The van der Waals surface area contributed by atoms with Gasteiger partial charge in [-0.1, -0.05) is 31.2 Å². The zero-order valence-electron chi connectivity index (χ0n) is 11.9. The lowest BCUT2D eigenvalue weighted by atomic mass is 9.70. The average Bonchev–Trinajstić information content (AvgIpc) is 2.45. The number of aromatic nitrogens is 1. The smallest absolute Gasteiger partial charge is 0.196 e. The minimum Gasteiger partial charge on any atom is -0.355 e. The summed E-state index contributed by atoms with van der Waals surface area (Å²) >= 11 is 0. The van der Waals surface area contributed by atoms with E-state index in [0.717, 1.165) is 27.9 Å². The van der Waals surface area contributed by atoms with E-state index in [4.69, 9.17) is 5.73 Å². The fourth-order valence-corrected chi connectivity index (χ4v) is 3.14. The number of benzene rings is 1. The molecule has 1 saturated carbocycles. The molecule has 0 radical (unpaired) electrons.